The summed E-state index contributed by atoms with van der Waals surface area (Å²) in [4.78, 5) is 10.8. The first kappa shape index (κ1) is 10.7. The van der Waals surface area contributed by atoms with Gasteiger partial charge in [0.05, 0.1) is 0 Å². The Bertz CT molecular complexity index is 87.7. The molecule has 0 rings (SSSR count). The number of hydrogen-bond acceptors (Lipinski definition) is 3. The number of carbonyl (C=O) groups excluding carboxylic acids is 1. The molecule has 0 heterocycles. The van der Waals surface area contributed by atoms with Gasteiger partial charge < -0.3 is 0 Å². The summed E-state index contributed by atoms with van der Waals surface area (Å²) in [5.41, 5.74) is 0. The second kappa shape index (κ2) is 7.76. The molecule has 0 unspecified atom stereocenters. The van der Waals surface area contributed by atoms with Crippen molar-refractivity contribution >= 4 is 39.6 Å². The molecule has 0 N–H and O–H groups in total. The number of carbonyl (C=O) groups is 1. The maximum Gasteiger partial charge on any atom is 0.246 e. The maximum atomic E-state index is 10.8. The third kappa shape index (κ3) is 6.78. The Morgan fingerprint density at radius 2 is 2.00 bits per heavy atom. The molecule has 0 aliphatic rings. The first-order valence-electron chi connectivity index (χ1n) is 3.16. The zero-order chi connectivity index (χ0) is 7.82. The average Bonchev–Trinajstić information content (AvgIpc) is 1.97. The van der Waals surface area contributed by atoms with E-state index in [0.29, 0.717) is 5.88 Å². The normalized spacial score (nSPS) is 9.80. The SMILES string of the molecule is CCCSC(=O)SCCCl. The van der Waals surface area contributed by atoms with Crippen LogP contribution in [0.4, 0.5) is 4.79 Å². The summed E-state index contributed by atoms with van der Waals surface area (Å²) < 4.78 is 0.197. The highest BCUT2D eigenvalue weighted by atomic mass is 35.5. The molecule has 0 fully saturated rings. The summed E-state index contributed by atoms with van der Waals surface area (Å²) in [6.07, 6.45) is 1.05. The van der Waals surface area contributed by atoms with Crippen LogP contribution in [-0.4, -0.2) is 21.8 Å². The minimum absolute atomic E-state index is 0.197. The maximum absolute atomic E-state index is 10.8. The van der Waals surface area contributed by atoms with Crippen molar-refractivity contribution in [3.05, 3.63) is 0 Å². The number of thioether (sulfide) groups is 2. The van der Waals surface area contributed by atoms with Crippen LogP contribution in [0, 0.1) is 0 Å². The Hall–Kier alpha value is 0.660. The molecule has 0 atom stereocenters. The van der Waals surface area contributed by atoms with E-state index in [9.17, 15) is 4.79 Å². The van der Waals surface area contributed by atoms with E-state index in [4.69, 9.17) is 11.6 Å². The lowest BCUT2D eigenvalue weighted by Gasteiger charge is -1.94. The van der Waals surface area contributed by atoms with Crippen molar-refractivity contribution in [1.82, 2.24) is 0 Å². The summed E-state index contributed by atoms with van der Waals surface area (Å²) in [5, 5.41) is 0. The predicted molar refractivity (Wildman–Crippen MR) is 51.3 cm³/mol. The van der Waals surface area contributed by atoms with Gasteiger partial charge in [-0.15, -0.1) is 11.6 Å². The molecule has 0 aliphatic heterocycles. The first-order chi connectivity index (χ1) is 4.81. The Morgan fingerprint density at radius 1 is 1.40 bits per heavy atom. The summed E-state index contributed by atoms with van der Waals surface area (Å²) in [5.74, 6) is 2.22. The van der Waals surface area contributed by atoms with Crippen LogP contribution in [0.5, 0.6) is 0 Å². The summed E-state index contributed by atoms with van der Waals surface area (Å²) in [6.45, 7) is 2.06. The molecule has 0 bridgehead atoms. The lowest BCUT2D eigenvalue weighted by molar-refractivity contribution is 0.276. The Labute approximate surface area is 75.3 Å². The third-order valence-electron chi connectivity index (χ3n) is 0.721. The van der Waals surface area contributed by atoms with Crippen LogP contribution < -0.4 is 0 Å². The zero-order valence-electron chi connectivity index (χ0n) is 5.93. The van der Waals surface area contributed by atoms with E-state index in [1.807, 2.05) is 0 Å². The number of halogens is 1. The van der Waals surface area contributed by atoms with Crippen molar-refractivity contribution in [2.75, 3.05) is 17.4 Å². The second-order valence-corrected chi connectivity index (χ2v) is 4.41. The fourth-order valence-corrected chi connectivity index (χ4v) is 2.03. The predicted octanol–water partition coefficient (Wildman–Crippen LogP) is 3.22. The van der Waals surface area contributed by atoms with Crippen molar-refractivity contribution in [2.45, 2.75) is 13.3 Å². The molecular formula is C6H11ClOS2. The summed E-state index contributed by atoms with van der Waals surface area (Å²) in [6, 6.07) is 0. The van der Waals surface area contributed by atoms with Gasteiger partial charge in [0, 0.05) is 17.4 Å². The molecule has 4 heteroatoms. The molecule has 10 heavy (non-hydrogen) atoms. The highest BCUT2D eigenvalue weighted by Gasteiger charge is 2.00. The van der Waals surface area contributed by atoms with Gasteiger partial charge in [0.25, 0.3) is 0 Å². The highest BCUT2D eigenvalue weighted by Crippen LogP contribution is 2.16. The topological polar surface area (TPSA) is 17.1 Å². The molecule has 0 aromatic rings. The minimum atomic E-state index is 0.197. The van der Waals surface area contributed by atoms with Crippen molar-refractivity contribution in [3.63, 3.8) is 0 Å². The quantitative estimate of drug-likeness (QED) is 0.646. The molecule has 0 aromatic heterocycles. The van der Waals surface area contributed by atoms with Gasteiger partial charge in [-0.1, -0.05) is 30.4 Å². The number of alkyl halides is 1. The van der Waals surface area contributed by atoms with Crippen LogP contribution in [0.1, 0.15) is 13.3 Å². The Morgan fingerprint density at radius 3 is 2.50 bits per heavy atom. The molecule has 0 saturated carbocycles. The molecule has 0 radical (unpaired) electrons. The molecule has 0 saturated heterocycles. The molecule has 0 spiro atoms. The lowest BCUT2D eigenvalue weighted by atomic mass is 10.6. The van der Waals surface area contributed by atoms with E-state index in [1.165, 1.54) is 23.5 Å². The molecule has 60 valence electrons. The summed E-state index contributed by atoms with van der Waals surface area (Å²) in [7, 11) is 0. The van der Waals surface area contributed by atoms with Gasteiger partial charge in [0.1, 0.15) is 0 Å². The highest BCUT2D eigenvalue weighted by molar-refractivity contribution is 8.38. The first-order valence-corrected chi connectivity index (χ1v) is 5.67. The minimum Gasteiger partial charge on any atom is -0.274 e. The Balaban J connectivity index is 3.09. The second-order valence-electron chi connectivity index (χ2n) is 1.64. The van der Waals surface area contributed by atoms with Crippen molar-refractivity contribution in [1.29, 1.82) is 0 Å². The fraction of sp³-hybridized carbons (Fsp3) is 0.833. The monoisotopic (exact) mass is 198 g/mol. The molecule has 0 aromatic carbocycles. The number of rotatable bonds is 4. The van der Waals surface area contributed by atoms with Crippen LogP contribution in [0.15, 0.2) is 0 Å². The zero-order valence-corrected chi connectivity index (χ0v) is 8.32. The van der Waals surface area contributed by atoms with E-state index >= 15 is 0 Å². The van der Waals surface area contributed by atoms with Gasteiger partial charge in [-0.3, -0.25) is 4.79 Å². The molecular weight excluding hydrogens is 188 g/mol. The smallest absolute Gasteiger partial charge is 0.246 e. The molecule has 0 amide bonds. The Kier molecular flexibility index (Phi) is 8.28. The average molecular weight is 199 g/mol. The third-order valence-corrected chi connectivity index (χ3v) is 3.33. The summed E-state index contributed by atoms with van der Waals surface area (Å²) >= 11 is 8.09. The van der Waals surface area contributed by atoms with Crippen molar-refractivity contribution in [2.24, 2.45) is 0 Å². The van der Waals surface area contributed by atoms with Gasteiger partial charge in [0.15, 0.2) is 0 Å². The lowest BCUT2D eigenvalue weighted by Crippen LogP contribution is -1.87. The van der Waals surface area contributed by atoms with Crippen LogP contribution in [0.3, 0.4) is 0 Å². The van der Waals surface area contributed by atoms with Crippen LogP contribution in [0.25, 0.3) is 0 Å². The van der Waals surface area contributed by atoms with E-state index in [0.717, 1.165) is 17.9 Å². The van der Waals surface area contributed by atoms with Gasteiger partial charge in [-0.25, -0.2) is 0 Å². The number of hydrogen-bond donors (Lipinski definition) is 0. The van der Waals surface area contributed by atoms with E-state index in [2.05, 4.69) is 6.92 Å². The van der Waals surface area contributed by atoms with Crippen molar-refractivity contribution < 1.29 is 4.79 Å². The fourth-order valence-electron chi connectivity index (χ4n) is 0.349. The molecule has 0 aliphatic carbocycles. The largest absolute Gasteiger partial charge is 0.274 e. The van der Waals surface area contributed by atoms with Gasteiger partial charge in [0.2, 0.25) is 4.45 Å². The van der Waals surface area contributed by atoms with Crippen LogP contribution in [0.2, 0.25) is 0 Å². The van der Waals surface area contributed by atoms with E-state index in [-0.39, 0.29) is 4.45 Å². The van der Waals surface area contributed by atoms with Gasteiger partial charge in [-0.2, -0.15) is 0 Å². The van der Waals surface area contributed by atoms with Gasteiger partial charge in [-0.05, 0) is 6.42 Å². The van der Waals surface area contributed by atoms with Gasteiger partial charge >= 0.3 is 0 Å². The van der Waals surface area contributed by atoms with Crippen LogP contribution in [-0.2, 0) is 0 Å². The molecule has 1 nitrogen and oxygen atoms in total. The van der Waals surface area contributed by atoms with E-state index < -0.39 is 0 Å². The van der Waals surface area contributed by atoms with Crippen LogP contribution >= 0.6 is 35.1 Å². The van der Waals surface area contributed by atoms with E-state index in [1.54, 1.807) is 0 Å². The standard InChI is InChI=1S/C6H11ClOS2/c1-2-4-9-6(8)10-5-3-7/h2-5H2,1H3. The van der Waals surface area contributed by atoms with Crippen molar-refractivity contribution in [3.8, 4) is 0 Å².